The summed E-state index contributed by atoms with van der Waals surface area (Å²) < 4.78 is 16.8. The van der Waals surface area contributed by atoms with Crippen LogP contribution in [0.25, 0.3) is 0 Å². The molecule has 0 aromatic carbocycles. The van der Waals surface area contributed by atoms with Crippen molar-refractivity contribution in [3.05, 3.63) is 0 Å². The predicted molar refractivity (Wildman–Crippen MR) is 257 cm³/mol. The van der Waals surface area contributed by atoms with Gasteiger partial charge in [-0.3, -0.25) is 14.4 Å². The van der Waals surface area contributed by atoms with Gasteiger partial charge in [-0.1, -0.05) is 271 Å². The molecule has 0 heterocycles. The average Bonchev–Trinajstić information content (AvgIpc) is 3.24. The first-order valence-electron chi connectivity index (χ1n) is 27.0. The van der Waals surface area contributed by atoms with Gasteiger partial charge in [-0.25, -0.2) is 0 Å². The van der Waals surface area contributed by atoms with Crippen molar-refractivity contribution in [2.45, 2.75) is 316 Å². The lowest BCUT2D eigenvalue weighted by Crippen LogP contribution is -2.30. The quantitative estimate of drug-likeness (QED) is 0.0345. The van der Waals surface area contributed by atoms with E-state index in [1.165, 1.54) is 212 Å². The Labute approximate surface area is 374 Å². The van der Waals surface area contributed by atoms with Crippen molar-refractivity contribution in [3.8, 4) is 0 Å². The summed E-state index contributed by atoms with van der Waals surface area (Å²) in [4.78, 5) is 37.8. The smallest absolute Gasteiger partial charge is 0.306 e. The Bertz CT molecular complexity index is 889. The fourth-order valence-electron chi connectivity index (χ4n) is 8.27. The maximum absolute atomic E-state index is 12.8. The highest BCUT2D eigenvalue weighted by molar-refractivity contribution is 5.71. The van der Waals surface area contributed by atoms with E-state index in [9.17, 15) is 14.4 Å². The van der Waals surface area contributed by atoms with Crippen LogP contribution in [0.1, 0.15) is 310 Å². The van der Waals surface area contributed by atoms with Crippen molar-refractivity contribution >= 4 is 17.9 Å². The zero-order valence-corrected chi connectivity index (χ0v) is 40.8. The first kappa shape index (κ1) is 58.4. The molecule has 0 rings (SSSR count). The van der Waals surface area contributed by atoms with Crippen LogP contribution in [0.15, 0.2) is 0 Å². The Balaban J connectivity index is 4.16. The van der Waals surface area contributed by atoms with Gasteiger partial charge < -0.3 is 14.2 Å². The highest BCUT2D eigenvalue weighted by Crippen LogP contribution is 2.17. The van der Waals surface area contributed by atoms with Crippen LogP contribution in [-0.2, 0) is 28.6 Å². The summed E-state index contributed by atoms with van der Waals surface area (Å²) in [6.07, 6.45) is 53.9. The van der Waals surface area contributed by atoms with Gasteiger partial charge >= 0.3 is 17.9 Å². The highest BCUT2D eigenvalue weighted by atomic mass is 16.6. The molecule has 356 valence electrons. The molecular weight excluding hydrogens is 745 g/mol. The Morgan fingerprint density at radius 3 is 0.667 bits per heavy atom. The first-order chi connectivity index (χ1) is 29.5. The minimum Gasteiger partial charge on any atom is -0.462 e. The van der Waals surface area contributed by atoms with Crippen molar-refractivity contribution in [2.75, 3.05) is 13.2 Å². The molecule has 0 aromatic rings. The van der Waals surface area contributed by atoms with E-state index >= 15 is 0 Å². The third kappa shape index (κ3) is 47.5. The van der Waals surface area contributed by atoms with Crippen molar-refractivity contribution in [3.63, 3.8) is 0 Å². The van der Waals surface area contributed by atoms with Gasteiger partial charge in [0, 0.05) is 19.3 Å². The van der Waals surface area contributed by atoms with E-state index in [-0.39, 0.29) is 31.1 Å². The van der Waals surface area contributed by atoms with Gasteiger partial charge in [-0.05, 0) is 19.3 Å². The van der Waals surface area contributed by atoms with Crippen LogP contribution in [0.5, 0.6) is 0 Å². The number of hydrogen-bond acceptors (Lipinski definition) is 6. The summed E-state index contributed by atoms with van der Waals surface area (Å²) in [5.74, 6) is -0.846. The van der Waals surface area contributed by atoms with Crippen molar-refractivity contribution in [2.24, 2.45) is 0 Å². The second kappa shape index (κ2) is 50.1. The van der Waals surface area contributed by atoms with Gasteiger partial charge in [0.2, 0.25) is 0 Å². The molecule has 0 fully saturated rings. The Morgan fingerprint density at radius 2 is 0.450 bits per heavy atom. The number of ether oxygens (including phenoxy) is 3. The highest BCUT2D eigenvalue weighted by Gasteiger charge is 2.19. The van der Waals surface area contributed by atoms with E-state index in [4.69, 9.17) is 14.2 Å². The third-order valence-electron chi connectivity index (χ3n) is 12.4. The lowest BCUT2D eigenvalue weighted by molar-refractivity contribution is -0.167. The van der Waals surface area contributed by atoms with Crippen molar-refractivity contribution in [1.82, 2.24) is 0 Å². The van der Waals surface area contributed by atoms with Crippen molar-refractivity contribution in [1.29, 1.82) is 0 Å². The predicted octanol–water partition coefficient (Wildman–Crippen LogP) is 17.6. The van der Waals surface area contributed by atoms with Gasteiger partial charge in [0.05, 0.1) is 0 Å². The first-order valence-corrected chi connectivity index (χ1v) is 27.0. The van der Waals surface area contributed by atoms with Crippen LogP contribution in [0.3, 0.4) is 0 Å². The molecule has 60 heavy (non-hydrogen) atoms. The topological polar surface area (TPSA) is 78.9 Å². The van der Waals surface area contributed by atoms with Crippen molar-refractivity contribution < 1.29 is 28.6 Å². The lowest BCUT2D eigenvalue weighted by atomic mass is 10.0. The number of hydrogen-bond donors (Lipinski definition) is 0. The van der Waals surface area contributed by atoms with Crippen LogP contribution < -0.4 is 0 Å². The van der Waals surface area contributed by atoms with Gasteiger partial charge in [0.25, 0.3) is 0 Å². The van der Waals surface area contributed by atoms with Crippen LogP contribution in [0, 0.1) is 0 Å². The molecule has 0 saturated heterocycles. The second-order valence-corrected chi connectivity index (χ2v) is 18.5. The summed E-state index contributed by atoms with van der Waals surface area (Å²) in [6, 6.07) is 0. The Morgan fingerprint density at radius 1 is 0.267 bits per heavy atom. The fraction of sp³-hybridized carbons (Fsp3) is 0.944. The van der Waals surface area contributed by atoms with E-state index < -0.39 is 6.10 Å². The molecular formula is C54H104O6. The standard InChI is InChI=1S/C54H104O6/c1-4-7-10-13-16-18-20-22-24-26-28-29-31-33-35-38-41-44-47-53(56)59-50-51(49-58-52(55)46-43-40-37-15-12-9-6-3)60-54(57)48-45-42-39-36-34-32-30-27-25-23-21-19-17-14-11-8-5-2/h51H,4-50H2,1-3H3. The van der Waals surface area contributed by atoms with Gasteiger partial charge in [0.15, 0.2) is 6.10 Å². The summed E-state index contributed by atoms with van der Waals surface area (Å²) in [7, 11) is 0. The molecule has 0 spiro atoms. The Kier molecular flexibility index (Phi) is 48.7. The number of carbonyl (C=O) groups is 3. The van der Waals surface area contributed by atoms with Crippen LogP contribution in [0.4, 0.5) is 0 Å². The molecule has 1 atom stereocenters. The molecule has 6 nitrogen and oxygen atoms in total. The van der Waals surface area contributed by atoms with Crippen LogP contribution in [0.2, 0.25) is 0 Å². The lowest BCUT2D eigenvalue weighted by Gasteiger charge is -2.18. The van der Waals surface area contributed by atoms with E-state index in [1.54, 1.807) is 0 Å². The normalized spacial score (nSPS) is 11.8. The number of unbranched alkanes of at least 4 members (excludes halogenated alkanes) is 39. The summed E-state index contributed by atoms with van der Waals surface area (Å²) >= 11 is 0. The zero-order valence-electron chi connectivity index (χ0n) is 40.8. The average molecular weight is 849 g/mol. The largest absolute Gasteiger partial charge is 0.462 e. The molecule has 0 radical (unpaired) electrons. The van der Waals surface area contributed by atoms with Gasteiger partial charge in [-0.2, -0.15) is 0 Å². The molecule has 0 amide bonds. The molecule has 0 N–H and O–H groups in total. The van der Waals surface area contributed by atoms with Gasteiger partial charge in [-0.15, -0.1) is 0 Å². The zero-order chi connectivity index (χ0) is 43.7. The number of rotatable bonds is 50. The molecule has 0 saturated carbocycles. The van der Waals surface area contributed by atoms with Crippen LogP contribution >= 0.6 is 0 Å². The van der Waals surface area contributed by atoms with E-state index in [0.29, 0.717) is 19.3 Å². The maximum atomic E-state index is 12.8. The number of esters is 3. The Hall–Kier alpha value is -1.59. The number of carbonyl (C=O) groups excluding carboxylic acids is 3. The monoisotopic (exact) mass is 849 g/mol. The summed E-state index contributed by atoms with van der Waals surface area (Å²) in [5, 5.41) is 0. The van der Waals surface area contributed by atoms with E-state index in [1.807, 2.05) is 0 Å². The van der Waals surface area contributed by atoms with E-state index in [2.05, 4.69) is 20.8 Å². The molecule has 1 unspecified atom stereocenters. The molecule has 0 aliphatic carbocycles. The van der Waals surface area contributed by atoms with Gasteiger partial charge in [0.1, 0.15) is 13.2 Å². The molecule has 0 aliphatic heterocycles. The fourth-order valence-corrected chi connectivity index (χ4v) is 8.27. The SMILES string of the molecule is CCCCCCCCCCCCCCCCCCCCC(=O)OCC(COC(=O)CCCCCCCCC)OC(=O)CCCCCCCCCCCCCCCCCCC. The molecule has 0 aliphatic rings. The van der Waals surface area contributed by atoms with E-state index in [0.717, 1.165) is 57.8 Å². The molecule has 0 aromatic heterocycles. The van der Waals surface area contributed by atoms with Crippen LogP contribution in [-0.4, -0.2) is 37.2 Å². The minimum atomic E-state index is -0.759. The maximum Gasteiger partial charge on any atom is 0.306 e. The summed E-state index contributed by atoms with van der Waals surface area (Å²) in [6.45, 7) is 6.65. The summed E-state index contributed by atoms with van der Waals surface area (Å²) in [5.41, 5.74) is 0. The second-order valence-electron chi connectivity index (χ2n) is 18.5. The molecule has 0 bridgehead atoms. The molecule has 6 heteroatoms. The minimum absolute atomic E-state index is 0.0621. The third-order valence-corrected chi connectivity index (χ3v) is 12.4.